The zero-order valence-corrected chi connectivity index (χ0v) is 16.7. The van der Waals surface area contributed by atoms with Gasteiger partial charge >= 0.3 is 0 Å². The molecule has 0 atom stereocenters. The Labute approximate surface area is 151 Å². The lowest BCUT2D eigenvalue weighted by atomic mass is 10.1. The van der Waals surface area contributed by atoms with E-state index in [4.69, 9.17) is 0 Å². The molecule has 0 aliphatic carbocycles. The summed E-state index contributed by atoms with van der Waals surface area (Å²) in [5.74, 6) is 0. The van der Waals surface area contributed by atoms with Crippen molar-refractivity contribution in [1.29, 1.82) is 0 Å². The van der Waals surface area contributed by atoms with Crippen LogP contribution >= 0.6 is 0 Å². The van der Waals surface area contributed by atoms with E-state index in [1.807, 2.05) is 0 Å². The van der Waals surface area contributed by atoms with Crippen molar-refractivity contribution in [3.8, 4) is 0 Å². The summed E-state index contributed by atoms with van der Waals surface area (Å²) >= 11 is 0. The number of aryl methyl sites for hydroxylation is 1. The van der Waals surface area contributed by atoms with Crippen molar-refractivity contribution in [2.45, 2.75) is 97.8 Å². The van der Waals surface area contributed by atoms with Crippen LogP contribution in [0.25, 0.3) is 0 Å². The van der Waals surface area contributed by atoms with Crippen molar-refractivity contribution in [2.24, 2.45) is 0 Å². The minimum absolute atomic E-state index is 1.23. The highest BCUT2D eigenvalue weighted by Crippen LogP contribution is 2.21. The van der Waals surface area contributed by atoms with Crippen LogP contribution in [0.15, 0.2) is 24.3 Å². The summed E-state index contributed by atoms with van der Waals surface area (Å²) in [5, 5.41) is 0. The van der Waals surface area contributed by atoms with Crippen molar-refractivity contribution >= 4 is 5.69 Å². The van der Waals surface area contributed by atoms with Crippen LogP contribution in [0.1, 0.15) is 96.5 Å². The molecule has 1 aromatic rings. The highest BCUT2D eigenvalue weighted by atomic mass is 15.1. The summed E-state index contributed by atoms with van der Waals surface area (Å²) in [6, 6.07) is 8.92. The molecule has 24 heavy (non-hydrogen) atoms. The second-order valence-corrected chi connectivity index (χ2v) is 7.31. The predicted molar refractivity (Wildman–Crippen MR) is 110 cm³/mol. The number of hydrogen-bond acceptors (Lipinski definition) is 1. The van der Waals surface area contributed by atoms with E-state index in [1.54, 1.807) is 0 Å². The van der Waals surface area contributed by atoms with Gasteiger partial charge in [0, 0.05) is 18.8 Å². The van der Waals surface area contributed by atoms with Crippen LogP contribution in [0.5, 0.6) is 0 Å². The molecule has 0 spiro atoms. The van der Waals surface area contributed by atoms with Crippen LogP contribution in [-0.2, 0) is 0 Å². The van der Waals surface area contributed by atoms with E-state index >= 15 is 0 Å². The fraction of sp³-hybridized carbons (Fsp3) is 0.739. The van der Waals surface area contributed by atoms with Gasteiger partial charge in [-0.05, 0) is 31.4 Å². The smallest absolute Gasteiger partial charge is 0.0395 e. The predicted octanol–water partition coefficient (Wildman–Crippen LogP) is 7.52. The molecule has 0 aliphatic rings. The third-order valence-corrected chi connectivity index (χ3v) is 5.02. The fourth-order valence-corrected chi connectivity index (χ4v) is 3.44. The fourth-order valence-electron chi connectivity index (χ4n) is 3.44. The number of nitrogens with zero attached hydrogens (tertiary/aromatic N) is 1. The van der Waals surface area contributed by atoms with Gasteiger partial charge in [-0.25, -0.2) is 0 Å². The quantitative estimate of drug-likeness (QED) is 0.300. The Balaban J connectivity index is 2.38. The largest absolute Gasteiger partial charge is 0.371 e. The van der Waals surface area contributed by atoms with Crippen LogP contribution < -0.4 is 4.90 Å². The maximum atomic E-state index is 2.65. The molecule has 0 bridgehead atoms. The normalized spacial score (nSPS) is 11.0. The molecule has 1 aromatic carbocycles. The summed E-state index contributed by atoms with van der Waals surface area (Å²) in [6.45, 7) is 9.30. The monoisotopic (exact) mass is 331 g/mol. The number of para-hydroxylation sites is 1. The molecule has 0 aliphatic heterocycles. The molecule has 0 radical (unpaired) electrons. The van der Waals surface area contributed by atoms with Crippen LogP contribution in [-0.4, -0.2) is 13.1 Å². The van der Waals surface area contributed by atoms with E-state index < -0.39 is 0 Å². The first kappa shape index (κ1) is 21.1. The van der Waals surface area contributed by atoms with E-state index in [-0.39, 0.29) is 0 Å². The lowest BCUT2D eigenvalue weighted by molar-refractivity contribution is 0.574. The van der Waals surface area contributed by atoms with Crippen LogP contribution in [0, 0.1) is 6.92 Å². The molecule has 1 nitrogen and oxygen atoms in total. The minimum atomic E-state index is 1.23. The molecule has 0 amide bonds. The van der Waals surface area contributed by atoms with E-state index in [9.17, 15) is 0 Å². The summed E-state index contributed by atoms with van der Waals surface area (Å²) < 4.78 is 0. The molecular weight excluding hydrogens is 290 g/mol. The van der Waals surface area contributed by atoms with E-state index in [1.165, 1.54) is 101 Å². The second-order valence-electron chi connectivity index (χ2n) is 7.31. The molecule has 0 unspecified atom stereocenters. The Morgan fingerprint density at radius 3 is 1.58 bits per heavy atom. The molecule has 1 heteroatoms. The molecule has 0 saturated carbocycles. The lowest BCUT2D eigenvalue weighted by Gasteiger charge is -2.26. The third kappa shape index (κ3) is 9.35. The Bertz CT molecular complexity index is 383. The van der Waals surface area contributed by atoms with E-state index in [0.717, 1.165) is 0 Å². The minimum Gasteiger partial charge on any atom is -0.371 e. The molecular formula is C23H41N. The van der Waals surface area contributed by atoms with Gasteiger partial charge < -0.3 is 4.90 Å². The average Bonchev–Trinajstić information content (AvgIpc) is 2.60. The second kappa shape index (κ2) is 14.4. The Hall–Kier alpha value is -0.980. The molecule has 0 heterocycles. The first-order valence-electron chi connectivity index (χ1n) is 10.6. The zero-order valence-electron chi connectivity index (χ0n) is 16.7. The van der Waals surface area contributed by atoms with E-state index in [0.29, 0.717) is 0 Å². The highest BCUT2D eigenvalue weighted by molar-refractivity contribution is 5.52. The van der Waals surface area contributed by atoms with Crippen molar-refractivity contribution in [1.82, 2.24) is 0 Å². The Morgan fingerprint density at radius 2 is 1.08 bits per heavy atom. The molecule has 1 rings (SSSR count). The van der Waals surface area contributed by atoms with Crippen LogP contribution in [0.2, 0.25) is 0 Å². The SMILES string of the molecule is CCCCCCCCN(CCCCCCCC)c1ccccc1C. The standard InChI is InChI=1S/C23H41N/c1-4-6-8-10-12-16-20-24(21-17-13-11-9-7-5-2)23-19-15-14-18-22(23)3/h14-15,18-19H,4-13,16-17,20-21H2,1-3H3. The summed E-state index contributed by atoms with van der Waals surface area (Å²) in [5.41, 5.74) is 2.88. The van der Waals surface area contributed by atoms with E-state index in [2.05, 4.69) is 49.9 Å². The summed E-state index contributed by atoms with van der Waals surface area (Å²) in [4.78, 5) is 2.65. The summed E-state index contributed by atoms with van der Waals surface area (Å²) in [6.07, 6.45) is 16.6. The first-order valence-corrected chi connectivity index (χ1v) is 10.6. The lowest BCUT2D eigenvalue weighted by Crippen LogP contribution is -2.26. The molecule has 0 saturated heterocycles. The van der Waals surface area contributed by atoms with Gasteiger partial charge in [0.15, 0.2) is 0 Å². The van der Waals surface area contributed by atoms with Gasteiger partial charge in [0.05, 0.1) is 0 Å². The number of unbranched alkanes of at least 4 members (excludes halogenated alkanes) is 10. The first-order chi connectivity index (χ1) is 11.8. The van der Waals surface area contributed by atoms with Crippen molar-refractivity contribution < 1.29 is 0 Å². The van der Waals surface area contributed by atoms with Crippen molar-refractivity contribution in [2.75, 3.05) is 18.0 Å². The summed E-state index contributed by atoms with van der Waals surface area (Å²) in [7, 11) is 0. The number of anilines is 1. The Morgan fingerprint density at radius 1 is 0.625 bits per heavy atom. The number of benzene rings is 1. The van der Waals surface area contributed by atoms with Gasteiger partial charge in [0.1, 0.15) is 0 Å². The van der Waals surface area contributed by atoms with Crippen LogP contribution in [0.4, 0.5) is 5.69 Å². The number of hydrogen-bond donors (Lipinski definition) is 0. The van der Waals surface area contributed by atoms with Crippen molar-refractivity contribution in [3.63, 3.8) is 0 Å². The zero-order chi connectivity index (χ0) is 17.5. The third-order valence-electron chi connectivity index (χ3n) is 5.02. The average molecular weight is 332 g/mol. The highest BCUT2D eigenvalue weighted by Gasteiger charge is 2.08. The molecule has 138 valence electrons. The maximum Gasteiger partial charge on any atom is 0.0395 e. The Kier molecular flexibility index (Phi) is 12.6. The molecule has 0 aromatic heterocycles. The van der Waals surface area contributed by atoms with Gasteiger partial charge in [0.25, 0.3) is 0 Å². The van der Waals surface area contributed by atoms with Gasteiger partial charge in [-0.3, -0.25) is 0 Å². The van der Waals surface area contributed by atoms with Gasteiger partial charge in [-0.1, -0.05) is 96.3 Å². The van der Waals surface area contributed by atoms with Gasteiger partial charge in [0.2, 0.25) is 0 Å². The molecule has 0 fully saturated rings. The van der Waals surface area contributed by atoms with Gasteiger partial charge in [-0.2, -0.15) is 0 Å². The topological polar surface area (TPSA) is 3.24 Å². The van der Waals surface area contributed by atoms with Gasteiger partial charge in [-0.15, -0.1) is 0 Å². The number of rotatable bonds is 15. The molecule has 0 N–H and O–H groups in total. The maximum absolute atomic E-state index is 2.65. The van der Waals surface area contributed by atoms with Crippen LogP contribution in [0.3, 0.4) is 0 Å². The van der Waals surface area contributed by atoms with Crippen molar-refractivity contribution in [3.05, 3.63) is 29.8 Å².